The van der Waals surface area contributed by atoms with Gasteiger partial charge in [0.05, 0.1) is 6.04 Å². The Labute approximate surface area is 238 Å². The average molecular weight is 574 g/mol. The summed E-state index contributed by atoms with van der Waals surface area (Å²) in [6, 6.07) is 8.27. The Morgan fingerprint density at radius 3 is 2.27 bits per heavy atom. The number of nitrogens with zero attached hydrogens (tertiary/aromatic N) is 2. The third-order valence-corrected chi connectivity index (χ3v) is 10.9. The Bertz CT molecular complexity index is 1130. The topological polar surface area (TPSA) is 116 Å². The smallest absolute Gasteiger partial charge is 0.437 e. The van der Waals surface area contributed by atoms with Gasteiger partial charge in [0, 0.05) is 20.0 Å². The van der Waals surface area contributed by atoms with Gasteiger partial charge < -0.3 is 23.5 Å². The van der Waals surface area contributed by atoms with Crippen molar-refractivity contribution in [2.75, 3.05) is 13.2 Å². The molecular formula is C29H43N3O7Si. The molecule has 0 saturated carbocycles. The van der Waals surface area contributed by atoms with E-state index in [-0.39, 0.29) is 24.2 Å². The van der Waals surface area contributed by atoms with Crippen molar-refractivity contribution in [2.45, 2.75) is 97.3 Å². The molecule has 2 amide bonds. The average Bonchev–Trinajstić information content (AvgIpc) is 3.52. The van der Waals surface area contributed by atoms with Gasteiger partial charge in [-0.1, -0.05) is 62.9 Å². The second-order valence-corrected chi connectivity index (χ2v) is 16.8. The van der Waals surface area contributed by atoms with E-state index in [0.717, 1.165) is 5.56 Å². The Balaban J connectivity index is 2.20. The summed E-state index contributed by atoms with van der Waals surface area (Å²) in [5, 5.41) is 2.63. The summed E-state index contributed by atoms with van der Waals surface area (Å²) in [5.41, 5.74) is 0.0124. The lowest BCUT2D eigenvalue weighted by atomic mass is 10.2. The van der Waals surface area contributed by atoms with Crippen LogP contribution < -0.4 is 5.32 Å². The van der Waals surface area contributed by atoms with Crippen molar-refractivity contribution in [3.8, 4) is 11.8 Å². The summed E-state index contributed by atoms with van der Waals surface area (Å²) in [6.07, 6.45) is -1.19. The highest BCUT2D eigenvalue weighted by molar-refractivity contribution is 6.74. The summed E-state index contributed by atoms with van der Waals surface area (Å²) >= 11 is 0. The summed E-state index contributed by atoms with van der Waals surface area (Å²) < 4.78 is 22.0. The highest BCUT2D eigenvalue weighted by atomic mass is 28.4. The summed E-state index contributed by atoms with van der Waals surface area (Å²) in [6.45, 7) is 17.9. The lowest BCUT2D eigenvalue weighted by Crippen LogP contribution is -2.41. The number of carbonyl (C=O) groups excluding carboxylic acids is 3. The van der Waals surface area contributed by atoms with E-state index in [9.17, 15) is 14.4 Å². The van der Waals surface area contributed by atoms with Gasteiger partial charge in [-0.15, -0.1) is 4.99 Å². The van der Waals surface area contributed by atoms with Crippen LogP contribution in [0.3, 0.4) is 0 Å². The van der Waals surface area contributed by atoms with E-state index in [1.807, 2.05) is 30.3 Å². The van der Waals surface area contributed by atoms with Gasteiger partial charge in [-0.25, -0.2) is 9.59 Å². The molecule has 2 rings (SSSR count). The van der Waals surface area contributed by atoms with Gasteiger partial charge in [-0.3, -0.25) is 10.1 Å². The Morgan fingerprint density at radius 1 is 1.05 bits per heavy atom. The molecule has 1 N–H and O–H groups in total. The number of ether oxygens (including phenoxy) is 3. The van der Waals surface area contributed by atoms with Crippen LogP contribution in [-0.2, 0) is 30.0 Å². The maximum atomic E-state index is 12.6. The zero-order valence-electron chi connectivity index (χ0n) is 25.1. The van der Waals surface area contributed by atoms with Gasteiger partial charge >= 0.3 is 18.2 Å². The van der Waals surface area contributed by atoms with Crippen molar-refractivity contribution in [3.63, 3.8) is 0 Å². The molecule has 1 saturated heterocycles. The van der Waals surface area contributed by atoms with Crippen molar-refractivity contribution in [1.82, 2.24) is 10.2 Å². The molecule has 0 radical (unpaired) electrons. The van der Waals surface area contributed by atoms with E-state index < -0.39 is 44.2 Å². The van der Waals surface area contributed by atoms with Gasteiger partial charge in [-0.05, 0) is 44.5 Å². The molecule has 0 bridgehead atoms. The van der Waals surface area contributed by atoms with Gasteiger partial charge in [0.2, 0.25) is 5.96 Å². The fourth-order valence-electron chi connectivity index (χ4n) is 3.24. The fraction of sp³-hybridized carbons (Fsp3) is 0.586. The minimum Gasteiger partial charge on any atom is -0.464 e. The Morgan fingerprint density at radius 2 is 1.70 bits per heavy atom. The van der Waals surface area contributed by atoms with Crippen LogP contribution in [0.1, 0.15) is 60.5 Å². The van der Waals surface area contributed by atoms with E-state index in [1.54, 1.807) is 25.7 Å². The van der Waals surface area contributed by atoms with Crippen LogP contribution in [0, 0.1) is 11.8 Å². The highest BCUT2D eigenvalue weighted by Gasteiger charge is 2.51. The van der Waals surface area contributed by atoms with Gasteiger partial charge in [-0.2, -0.15) is 0 Å². The predicted molar refractivity (Wildman–Crippen MR) is 155 cm³/mol. The van der Waals surface area contributed by atoms with Crippen LogP contribution in [0.2, 0.25) is 18.1 Å². The number of aliphatic imine (C=N–C) groups is 1. The maximum absolute atomic E-state index is 12.6. The number of amides is 2. The van der Waals surface area contributed by atoms with Crippen LogP contribution in [0.25, 0.3) is 0 Å². The van der Waals surface area contributed by atoms with Crippen molar-refractivity contribution in [3.05, 3.63) is 35.9 Å². The molecule has 10 nitrogen and oxygen atoms in total. The highest BCUT2D eigenvalue weighted by Crippen LogP contribution is 2.36. The van der Waals surface area contributed by atoms with Gasteiger partial charge in [0.15, 0.2) is 8.32 Å². The van der Waals surface area contributed by atoms with Crippen LogP contribution in [0.15, 0.2) is 35.3 Å². The molecule has 40 heavy (non-hydrogen) atoms. The summed E-state index contributed by atoms with van der Waals surface area (Å²) in [4.78, 5) is 42.3. The standard InChI is InChI=1S/C29H43N3O7Si/c1-21(33)36-20-24-23(17-13-14-18-38-40(8,9)29(5,6)7)32(24)25(31-27(35)39-28(2,3)4)30-26(34)37-19-22-15-11-10-12-16-22/h10-12,15-16,23-24H,14,18-20H2,1-9H3,(H,30,31,34,35)/t23-,24-,32?/m0/s1. The largest absolute Gasteiger partial charge is 0.464 e. The molecule has 11 heteroatoms. The number of carbonyl (C=O) groups is 3. The molecule has 0 spiro atoms. The quantitative estimate of drug-likeness (QED) is 0.0689. The normalized spacial score (nSPS) is 17.3. The molecule has 1 aromatic carbocycles. The molecule has 220 valence electrons. The van der Waals surface area contributed by atoms with Crippen molar-refractivity contribution >= 4 is 32.4 Å². The first kappa shape index (κ1) is 32.8. The molecule has 1 aromatic rings. The van der Waals surface area contributed by atoms with Crippen molar-refractivity contribution < 1.29 is 33.0 Å². The SMILES string of the molecule is CC(=O)OC[C@H]1[C@H](C#CCCO[Si](C)(C)C(C)(C)C)N1/C(=N\C(=O)OCc1ccccc1)NC(=O)OC(C)(C)C. The first-order valence-electron chi connectivity index (χ1n) is 13.3. The number of hydrogen-bond acceptors (Lipinski definition) is 7. The minimum absolute atomic E-state index is 0.00320. The number of guanidine groups is 1. The molecular weight excluding hydrogens is 530 g/mol. The number of rotatable bonds is 7. The van der Waals surface area contributed by atoms with E-state index in [4.69, 9.17) is 18.6 Å². The van der Waals surface area contributed by atoms with Crippen LogP contribution in [0.4, 0.5) is 9.59 Å². The maximum Gasteiger partial charge on any atom is 0.437 e. The number of nitrogens with one attached hydrogen (secondary N) is 1. The zero-order valence-corrected chi connectivity index (χ0v) is 26.1. The summed E-state index contributed by atoms with van der Waals surface area (Å²) in [5.74, 6) is 5.70. The van der Waals surface area contributed by atoms with E-state index >= 15 is 0 Å². The fourth-order valence-corrected chi connectivity index (χ4v) is 4.29. The predicted octanol–water partition coefficient (Wildman–Crippen LogP) is 5.24. The zero-order chi connectivity index (χ0) is 30.1. The van der Waals surface area contributed by atoms with Crippen LogP contribution >= 0.6 is 0 Å². The number of alkyl carbamates (subject to hydrolysis) is 1. The van der Waals surface area contributed by atoms with Gasteiger partial charge in [0.25, 0.3) is 0 Å². The first-order valence-corrected chi connectivity index (χ1v) is 16.2. The van der Waals surface area contributed by atoms with Crippen LogP contribution in [0.5, 0.6) is 0 Å². The Kier molecular flexibility index (Phi) is 11.3. The molecule has 1 aliphatic heterocycles. The second kappa shape index (κ2) is 13.8. The number of hydrogen-bond donors (Lipinski definition) is 1. The molecule has 0 unspecified atom stereocenters. The summed E-state index contributed by atoms with van der Waals surface area (Å²) in [7, 11) is -1.89. The molecule has 0 aliphatic carbocycles. The van der Waals surface area contributed by atoms with Crippen molar-refractivity contribution in [1.29, 1.82) is 0 Å². The molecule has 1 heterocycles. The minimum atomic E-state index is -1.89. The number of esters is 1. The lowest BCUT2D eigenvalue weighted by molar-refractivity contribution is -0.141. The molecule has 1 fully saturated rings. The Hall–Kier alpha value is -3.36. The third-order valence-electron chi connectivity index (χ3n) is 6.39. The van der Waals surface area contributed by atoms with E-state index in [0.29, 0.717) is 13.0 Å². The first-order chi connectivity index (χ1) is 18.5. The van der Waals surface area contributed by atoms with E-state index in [1.165, 1.54) is 6.92 Å². The molecule has 0 aromatic heterocycles. The third kappa shape index (κ3) is 11.0. The van der Waals surface area contributed by atoms with Crippen molar-refractivity contribution in [2.24, 2.45) is 4.99 Å². The van der Waals surface area contributed by atoms with Gasteiger partial charge in [0.1, 0.15) is 24.9 Å². The van der Waals surface area contributed by atoms with Crippen LogP contribution in [-0.4, -0.2) is 68.2 Å². The molecule has 2 atom stereocenters. The molecule has 1 aliphatic rings. The lowest BCUT2D eigenvalue weighted by Gasteiger charge is -2.35. The van der Waals surface area contributed by atoms with E-state index in [2.05, 4.69) is 56.0 Å². The number of benzene rings is 1. The second-order valence-electron chi connectivity index (χ2n) is 12.0. The monoisotopic (exact) mass is 573 g/mol.